The molecule has 0 unspecified atom stereocenters. The van der Waals surface area contributed by atoms with Crippen LogP contribution in [0.2, 0.25) is 0 Å². The van der Waals surface area contributed by atoms with Crippen molar-refractivity contribution in [1.29, 1.82) is 0 Å². The summed E-state index contributed by atoms with van der Waals surface area (Å²) in [4.78, 5) is 23.1. The van der Waals surface area contributed by atoms with Crippen molar-refractivity contribution in [3.8, 4) is 0 Å². The highest BCUT2D eigenvalue weighted by molar-refractivity contribution is 7.07. The van der Waals surface area contributed by atoms with Crippen LogP contribution in [0.25, 0.3) is 0 Å². The summed E-state index contributed by atoms with van der Waals surface area (Å²) in [5, 5.41) is 15.9. The first-order chi connectivity index (χ1) is 8.54. The minimum atomic E-state index is -0.932. The average molecular weight is 269 g/mol. The van der Waals surface area contributed by atoms with Crippen LogP contribution in [0.3, 0.4) is 0 Å². The fraction of sp³-hybridized carbons (Fsp3) is 0.538. The maximum Gasteiger partial charge on any atom is 0.310 e. The lowest BCUT2D eigenvalue weighted by atomic mass is 9.79. The zero-order valence-electron chi connectivity index (χ0n) is 10.7. The Morgan fingerprint density at radius 2 is 2.06 bits per heavy atom. The van der Waals surface area contributed by atoms with Gasteiger partial charge in [0, 0.05) is 13.0 Å². The van der Waals surface area contributed by atoms with E-state index < -0.39 is 11.4 Å². The molecule has 0 atom stereocenters. The van der Waals surface area contributed by atoms with Gasteiger partial charge in [-0.05, 0) is 35.2 Å². The van der Waals surface area contributed by atoms with Crippen molar-refractivity contribution >= 4 is 23.2 Å². The van der Waals surface area contributed by atoms with E-state index in [4.69, 9.17) is 0 Å². The number of rotatable bonds is 7. The summed E-state index contributed by atoms with van der Waals surface area (Å²) in [7, 11) is 0. The van der Waals surface area contributed by atoms with Gasteiger partial charge in [0.15, 0.2) is 0 Å². The van der Waals surface area contributed by atoms with Crippen molar-refractivity contribution in [3.63, 3.8) is 0 Å². The number of hydrogen-bond donors (Lipinski definition) is 2. The third-order valence-electron chi connectivity index (χ3n) is 3.38. The summed E-state index contributed by atoms with van der Waals surface area (Å²) in [6, 6.07) is 1.94. The van der Waals surface area contributed by atoms with E-state index in [1.807, 2.05) is 30.7 Å². The Labute approximate surface area is 111 Å². The van der Waals surface area contributed by atoms with Crippen LogP contribution in [0, 0.1) is 5.41 Å². The Bertz CT molecular complexity index is 396. The van der Waals surface area contributed by atoms with E-state index in [-0.39, 0.29) is 12.3 Å². The first-order valence-electron chi connectivity index (χ1n) is 6.05. The second-order valence-corrected chi connectivity index (χ2v) is 5.16. The predicted octanol–water partition coefficient (Wildman–Crippen LogP) is 2.65. The highest BCUT2D eigenvalue weighted by atomic mass is 32.1. The summed E-state index contributed by atoms with van der Waals surface area (Å²) in [6.45, 7) is 4.08. The smallest absolute Gasteiger partial charge is 0.310 e. The van der Waals surface area contributed by atoms with Gasteiger partial charge in [-0.2, -0.15) is 11.3 Å². The van der Waals surface area contributed by atoms with E-state index in [0.717, 1.165) is 5.56 Å². The molecule has 18 heavy (non-hydrogen) atoms. The van der Waals surface area contributed by atoms with Crippen molar-refractivity contribution in [2.75, 3.05) is 0 Å². The van der Waals surface area contributed by atoms with Gasteiger partial charge in [-0.1, -0.05) is 13.8 Å². The Balaban J connectivity index is 2.54. The first kappa shape index (κ1) is 14.7. The fourth-order valence-corrected chi connectivity index (χ4v) is 2.51. The van der Waals surface area contributed by atoms with Gasteiger partial charge in [0.1, 0.15) is 0 Å². The maximum absolute atomic E-state index is 11.8. The normalized spacial score (nSPS) is 11.2. The summed E-state index contributed by atoms with van der Waals surface area (Å²) >= 11 is 1.57. The third-order valence-corrected chi connectivity index (χ3v) is 4.11. The van der Waals surface area contributed by atoms with Crippen molar-refractivity contribution < 1.29 is 14.7 Å². The molecular weight excluding hydrogens is 250 g/mol. The van der Waals surface area contributed by atoms with Crippen molar-refractivity contribution in [3.05, 3.63) is 22.4 Å². The molecule has 1 amide bonds. The average Bonchev–Trinajstić information content (AvgIpc) is 2.86. The number of thiophene rings is 1. The Morgan fingerprint density at radius 3 is 2.50 bits per heavy atom. The van der Waals surface area contributed by atoms with Gasteiger partial charge in [-0.25, -0.2) is 0 Å². The summed E-state index contributed by atoms with van der Waals surface area (Å²) in [5.74, 6) is -1.09. The van der Waals surface area contributed by atoms with E-state index in [2.05, 4.69) is 5.32 Å². The first-order valence-corrected chi connectivity index (χ1v) is 6.99. The largest absolute Gasteiger partial charge is 0.481 e. The van der Waals surface area contributed by atoms with Crippen LogP contribution < -0.4 is 5.32 Å². The van der Waals surface area contributed by atoms with Gasteiger partial charge < -0.3 is 10.4 Å². The Morgan fingerprint density at radius 1 is 1.39 bits per heavy atom. The van der Waals surface area contributed by atoms with E-state index in [1.54, 1.807) is 11.3 Å². The topological polar surface area (TPSA) is 66.4 Å². The second-order valence-electron chi connectivity index (χ2n) is 4.38. The molecule has 1 rings (SSSR count). The zero-order valence-corrected chi connectivity index (χ0v) is 11.5. The monoisotopic (exact) mass is 269 g/mol. The minimum absolute atomic E-state index is 0.0411. The maximum atomic E-state index is 11.8. The van der Waals surface area contributed by atoms with Crippen LogP contribution in [-0.2, 0) is 16.1 Å². The molecule has 0 aliphatic heterocycles. The molecule has 0 fully saturated rings. The lowest BCUT2D eigenvalue weighted by molar-refractivity contribution is -0.152. The number of amides is 1. The van der Waals surface area contributed by atoms with E-state index >= 15 is 0 Å². The SMILES string of the molecule is CCC(CC)(CC(=O)NCc1ccsc1)C(=O)O. The van der Waals surface area contributed by atoms with Crippen LogP contribution >= 0.6 is 11.3 Å². The van der Waals surface area contributed by atoms with Gasteiger partial charge >= 0.3 is 5.97 Å². The third kappa shape index (κ3) is 3.57. The van der Waals surface area contributed by atoms with Crippen LogP contribution in [-0.4, -0.2) is 17.0 Å². The highest BCUT2D eigenvalue weighted by Gasteiger charge is 2.36. The molecular formula is C13H19NO3S. The molecule has 0 radical (unpaired) electrons. The van der Waals surface area contributed by atoms with E-state index in [1.165, 1.54) is 0 Å². The number of hydrogen-bond acceptors (Lipinski definition) is 3. The number of carbonyl (C=O) groups excluding carboxylic acids is 1. The van der Waals surface area contributed by atoms with Crippen molar-refractivity contribution in [1.82, 2.24) is 5.32 Å². The van der Waals surface area contributed by atoms with Gasteiger partial charge in [0.05, 0.1) is 5.41 Å². The Kier molecular flexibility index (Phi) is 5.34. The molecule has 1 aromatic heterocycles. The van der Waals surface area contributed by atoms with Gasteiger partial charge in [0.2, 0.25) is 5.91 Å². The highest BCUT2D eigenvalue weighted by Crippen LogP contribution is 2.30. The quantitative estimate of drug-likeness (QED) is 0.799. The number of carbonyl (C=O) groups is 2. The molecule has 0 aliphatic rings. The number of aliphatic carboxylic acids is 1. The van der Waals surface area contributed by atoms with Crippen LogP contribution in [0.15, 0.2) is 16.8 Å². The van der Waals surface area contributed by atoms with E-state index in [0.29, 0.717) is 19.4 Å². The number of carboxylic acid groups (broad SMARTS) is 1. The molecule has 0 bridgehead atoms. The summed E-state index contributed by atoms with van der Waals surface area (Å²) in [6.07, 6.45) is 0.967. The molecule has 1 aromatic rings. The molecule has 100 valence electrons. The van der Waals surface area contributed by atoms with Crippen molar-refractivity contribution in [2.24, 2.45) is 5.41 Å². The summed E-state index contributed by atoms with van der Waals surface area (Å²) < 4.78 is 0. The van der Waals surface area contributed by atoms with E-state index in [9.17, 15) is 14.7 Å². The van der Waals surface area contributed by atoms with Crippen molar-refractivity contribution in [2.45, 2.75) is 39.7 Å². The van der Waals surface area contributed by atoms with Crippen LogP contribution in [0.1, 0.15) is 38.7 Å². The predicted molar refractivity (Wildman–Crippen MR) is 71.4 cm³/mol. The molecule has 0 saturated carbocycles. The second kappa shape index (κ2) is 6.54. The van der Waals surface area contributed by atoms with Gasteiger partial charge in [0.25, 0.3) is 0 Å². The molecule has 4 nitrogen and oxygen atoms in total. The number of carboxylic acids is 1. The van der Waals surface area contributed by atoms with Gasteiger partial charge in [-0.15, -0.1) is 0 Å². The molecule has 2 N–H and O–H groups in total. The standard InChI is InChI=1S/C13H19NO3S/c1-3-13(4-2,12(16)17)7-11(15)14-8-10-5-6-18-9-10/h5-6,9H,3-4,7-8H2,1-2H3,(H,14,15)(H,16,17). The molecule has 0 aliphatic carbocycles. The summed E-state index contributed by atoms with van der Waals surface area (Å²) in [5.41, 5.74) is 0.112. The molecule has 0 saturated heterocycles. The molecule has 0 spiro atoms. The minimum Gasteiger partial charge on any atom is -0.481 e. The van der Waals surface area contributed by atoms with Gasteiger partial charge in [-0.3, -0.25) is 9.59 Å². The van der Waals surface area contributed by atoms with Crippen LogP contribution in [0.4, 0.5) is 0 Å². The molecule has 1 heterocycles. The van der Waals surface area contributed by atoms with Crippen LogP contribution in [0.5, 0.6) is 0 Å². The molecule has 5 heteroatoms. The molecule has 0 aromatic carbocycles. The number of nitrogens with one attached hydrogen (secondary N) is 1. The zero-order chi connectivity index (χ0) is 13.6. The lowest BCUT2D eigenvalue weighted by Gasteiger charge is -2.25. The Hall–Kier alpha value is -1.36. The fourth-order valence-electron chi connectivity index (χ4n) is 1.84. The lowest BCUT2D eigenvalue weighted by Crippen LogP contribution is -2.36.